The molecule has 0 aromatic carbocycles. The molecule has 16 heavy (non-hydrogen) atoms. The summed E-state index contributed by atoms with van der Waals surface area (Å²) in [5.74, 6) is 1.51. The third-order valence-electron chi connectivity index (χ3n) is 2.90. The van der Waals surface area contributed by atoms with Gasteiger partial charge in [0.25, 0.3) is 0 Å². The lowest BCUT2D eigenvalue weighted by atomic mass is 9.94. The number of Topliss-reactive ketones (excluding diaryl/α,β-unsaturated/α-hetero) is 1. The van der Waals surface area contributed by atoms with E-state index >= 15 is 0 Å². The van der Waals surface area contributed by atoms with Crippen molar-refractivity contribution in [2.45, 2.75) is 19.3 Å². The summed E-state index contributed by atoms with van der Waals surface area (Å²) in [6.07, 6.45) is 2.66. The van der Waals surface area contributed by atoms with Crippen molar-refractivity contribution in [2.24, 2.45) is 5.92 Å². The summed E-state index contributed by atoms with van der Waals surface area (Å²) >= 11 is 1.47. The van der Waals surface area contributed by atoms with Gasteiger partial charge in [0.1, 0.15) is 5.75 Å². The molecule has 0 aliphatic carbocycles. The van der Waals surface area contributed by atoms with Crippen LogP contribution in [0.4, 0.5) is 0 Å². The van der Waals surface area contributed by atoms with E-state index in [1.165, 1.54) is 11.3 Å². The van der Waals surface area contributed by atoms with E-state index in [9.17, 15) is 4.79 Å². The van der Waals surface area contributed by atoms with Crippen molar-refractivity contribution >= 4 is 17.1 Å². The highest BCUT2D eigenvalue weighted by Gasteiger charge is 2.19. The van der Waals surface area contributed by atoms with E-state index in [2.05, 4.69) is 0 Å². The van der Waals surface area contributed by atoms with Gasteiger partial charge >= 0.3 is 0 Å². The van der Waals surface area contributed by atoms with Crippen molar-refractivity contribution < 1.29 is 14.3 Å². The average Bonchev–Trinajstić information content (AvgIpc) is 2.79. The zero-order valence-electron chi connectivity index (χ0n) is 9.40. The van der Waals surface area contributed by atoms with Gasteiger partial charge in [-0.25, -0.2) is 0 Å². The third kappa shape index (κ3) is 2.83. The Morgan fingerprint density at radius 3 is 2.94 bits per heavy atom. The summed E-state index contributed by atoms with van der Waals surface area (Å²) in [4.78, 5) is 12.8. The number of ether oxygens (including phenoxy) is 2. The van der Waals surface area contributed by atoms with Crippen LogP contribution in [0, 0.1) is 5.92 Å². The number of carbonyl (C=O) groups is 1. The zero-order chi connectivity index (χ0) is 11.4. The molecule has 1 fully saturated rings. The van der Waals surface area contributed by atoms with Gasteiger partial charge in [-0.05, 0) is 18.8 Å². The molecule has 0 unspecified atom stereocenters. The summed E-state index contributed by atoms with van der Waals surface area (Å²) in [5, 5.41) is 1.87. The summed E-state index contributed by atoms with van der Waals surface area (Å²) in [5.41, 5.74) is 0. The van der Waals surface area contributed by atoms with Crippen molar-refractivity contribution in [3.63, 3.8) is 0 Å². The minimum Gasteiger partial charge on any atom is -0.496 e. The van der Waals surface area contributed by atoms with E-state index in [0.717, 1.165) is 36.7 Å². The molecular formula is C12H16O3S. The number of hydrogen-bond donors (Lipinski definition) is 0. The lowest BCUT2D eigenvalue weighted by molar-refractivity contribution is 0.0602. The van der Waals surface area contributed by atoms with Gasteiger partial charge in [-0.1, -0.05) is 0 Å². The highest BCUT2D eigenvalue weighted by molar-refractivity contribution is 7.12. The minimum absolute atomic E-state index is 0.236. The van der Waals surface area contributed by atoms with Gasteiger partial charge < -0.3 is 9.47 Å². The molecule has 1 aliphatic heterocycles. The fourth-order valence-electron chi connectivity index (χ4n) is 1.89. The number of methoxy groups -OCH3 is 1. The Hall–Kier alpha value is -0.870. The molecule has 0 amide bonds. The van der Waals surface area contributed by atoms with Crippen LogP contribution in [0.5, 0.6) is 5.75 Å². The van der Waals surface area contributed by atoms with Crippen LogP contribution >= 0.6 is 11.3 Å². The van der Waals surface area contributed by atoms with Crippen LogP contribution < -0.4 is 4.74 Å². The Morgan fingerprint density at radius 2 is 2.31 bits per heavy atom. The van der Waals surface area contributed by atoms with Crippen molar-refractivity contribution in [3.05, 3.63) is 16.3 Å². The van der Waals surface area contributed by atoms with E-state index in [0.29, 0.717) is 12.3 Å². The maximum Gasteiger partial charge on any atom is 0.173 e. The predicted molar refractivity (Wildman–Crippen MR) is 63.4 cm³/mol. The first kappa shape index (κ1) is 11.6. The Labute approximate surface area is 99.4 Å². The van der Waals surface area contributed by atoms with Crippen molar-refractivity contribution in [3.8, 4) is 5.75 Å². The standard InChI is InChI=1S/C12H16O3S/c1-14-10-7-12(16-8-10)11(13)6-9-2-4-15-5-3-9/h7-9H,2-6H2,1H3. The molecule has 1 saturated heterocycles. The van der Waals surface area contributed by atoms with Crippen LogP contribution in [0.3, 0.4) is 0 Å². The highest BCUT2D eigenvalue weighted by Crippen LogP contribution is 2.26. The topological polar surface area (TPSA) is 35.5 Å². The maximum atomic E-state index is 12.0. The van der Waals surface area contributed by atoms with Crippen LogP contribution in [-0.2, 0) is 4.74 Å². The number of hydrogen-bond acceptors (Lipinski definition) is 4. The molecule has 1 aliphatic rings. The van der Waals surface area contributed by atoms with Gasteiger partial charge in [-0.2, -0.15) is 0 Å². The fraction of sp³-hybridized carbons (Fsp3) is 0.583. The summed E-state index contributed by atoms with van der Waals surface area (Å²) in [7, 11) is 1.62. The monoisotopic (exact) mass is 240 g/mol. The van der Waals surface area contributed by atoms with Crippen molar-refractivity contribution in [2.75, 3.05) is 20.3 Å². The summed E-state index contributed by atoms with van der Waals surface area (Å²) in [6.45, 7) is 1.59. The van der Waals surface area contributed by atoms with Gasteiger partial charge in [0.05, 0.1) is 12.0 Å². The molecule has 0 N–H and O–H groups in total. The first-order chi connectivity index (χ1) is 7.79. The van der Waals surface area contributed by atoms with E-state index < -0.39 is 0 Å². The minimum atomic E-state index is 0.236. The number of rotatable bonds is 4. The molecule has 0 radical (unpaired) electrons. The van der Waals surface area contributed by atoms with Crippen molar-refractivity contribution in [1.29, 1.82) is 0 Å². The molecular weight excluding hydrogens is 224 g/mol. The molecule has 0 spiro atoms. The smallest absolute Gasteiger partial charge is 0.173 e. The lowest BCUT2D eigenvalue weighted by Gasteiger charge is -2.20. The number of carbonyl (C=O) groups excluding carboxylic acids is 1. The molecule has 1 aromatic heterocycles. The zero-order valence-corrected chi connectivity index (χ0v) is 10.2. The van der Waals surface area contributed by atoms with Crippen LogP contribution in [0.25, 0.3) is 0 Å². The maximum absolute atomic E-state index is 12.0. The predicted octanol–water partition coefficient (Wildman–Crippen LogP) is 2.76. The average molecular weight is 240 g/mol. The third-order valence-corrected chi connectivity index (χ3v) is 3.85. The summed E-state index contributed by atoms with van der Waals surface area (Å²) in [6, 6.07) is 1.83. The van der Waals surface area contributed by atoms with E-state index in [1.807, 2.05) is 11.4 Å². The largest absolute Gasteiger partial charge is 0.496 e. The molecule has 2 heterocycles. The van der Waals surface area contributed by atoms with Crippen LogP contribution in [0.15, 0.2) is 11.4 Å². The molecule has 0 saturated carbocycles. The highest BCUT2D eigenvalue weighted by atomic mass is 32.1. The Bertz CT molecular complexity index is 353. The molecule has 0 atom stereocenters. The van der Waals surface area contributed by atoms with Crippen LogP contribution in [0.1, 0.15) is 28.9 Å². The number of ketones is 1. The van der Waals surface area contributed by atoms with Gasteiger partial charge in [0.2, 0.25) is 0 Å². The fourth-order valence-corrected chi connectivity index (χ4v) is 2.69. The van der Waals surface area contributed by atoms with E-state index in [-0.39, 0.29) is 5.78 Å². The van der Waals surface area contributed by atoms with Gasteiger partial charge in [-0.15, -0.1) is 11.3 Å². The second kappa shape index (κ2) is 5.46. The van der Waals surface area contributed by atoms with Gasteiger partial charge in [0, 0.05) is 31.1 Å². The molecule has 3 nitrogen and oxygen atoms in total. The molecule has 2 rings (SSSR count). The first-order valence-electron chi connectivity index (χ1n) is 5.53. The molecule has 4 heteroatoms. The van der Waals surface area contributed by atoms with E-state index in [1.54, 1.807) is 7.11 Å². The Balaban J connectivity index is 1.91. The first-order valence-corrected chi connectivity index (χ1v) is 6.41. The number of thiophene rings is 1. The normalized spacial score (nSPS) is 17.3. The second-order valence-electron chi connectivity index (χ2n) is 4.03. The van der Waals surface area contributed by atoms with Crippen LogP contribution in [0.2, 0.25) is 0 Å². The quantitative estimate of drug-likeness (QED) is 0.759. The SMILES string of the molecule is COc1csc(C(=O)CC2CCOCC2)c1. The van der Waals surface area contributed by atoms with Crippen molar-refractivity contribution in [1.82, 2.24) is 0 Å². The van der Waals surface area contributed by atoms with Crippen LogP contribution in [-0.4, -0.2) is 26.1 Å². The second-order valence-corrected chi connectivity index (χ2v) is 4.95. The Morgan fingerprint density at radius 1 is 1.56 bits per heavy atom. The Kier molecular flexibility index (Phi) is 3.96. The summed E-state index contributed by atoms with van der Waals surface area (Å²) < 4.78 is 10.4. The van der Waals surface area contributed by atoms with E-state index in [4.69, 9.17) is 9.47 Å². The van der Waals surface area contributed by atoms with Gasteiger partial charge in [-0.3, -0.25) is 4.79 Å². The van der Waals surface area contributed by atoms with Gasteiger partial charge in [0.15, 0.2) is 5.78 Å². The molecule has 1 aromatic rings. The molecule has 0 bridgehead atoms. The molecule has 88 valence electrons. The lowest BCUT2D eigenvalue weighted by Crippen LogP contribution is -2.18.